The lowest BCUT2D eigenvalue weighted by Crippen LogP contribution is -2.15. The molecule has 0 aliphatic rings. The van der Waals surface area contributed by atoms with Crippen molar-refractivity contribution in [2.75, 3.05) is 11.9 Å². The summed E-state index contributed by atoms with van der Waals surface area (Å²) in [5.74, 6) is 0.0181. The van der Waals surface area contributed by atoms with Crippen LogP contribution in [0.2, 0.25) is 0 Å². The molecule has 5 heteroatoms. The minimum Gasteiger partial charge on any atom is -0.772 e. The molecular weight excluding hydrogens is 214 g/mol. The van der Waals surface area contributed by atoms with Crippen LogP contribution in [-0.4, -0.2) is 26.5 Å². The fraction of sp³-hybridized carbons (Fsp3) is 0.400. The van der Waals surface area contributed by atoms with E-state index in [1.807, 2.05) is 6.07 Å². The van der Waals surface area contributed by atoms with Crippen LogP contribution in [-0.2, 0) is 16.8 Å². The first-order valence-corrected chi connectivity index (χ1v) is 5.89. The van der Waals surface area contributed by atoms with Gasteiger partial charge in [-0.2, -0.15) is 0 Å². The van der Waals surface area contributed by atoms with Gasteiger partial charge in [0, 0.05) is 18.0 Å². The van der Waals surface area contributed by atoms with Gasteiger partial charge in [0.05, 0.1) is 6.10 Å². The lowest BCUT2D eigenvalue weighted by atomic mass is 10.2. The van der Waals surface area contributed by atoms with Gasteiger partial charge in [-0.25, -0.2) is 0 Å². The van der Waals surface area contributed by atoms with Crippen LogP contribution < -0.4 is 5.32 Å². The van der Waals surface area contributed by atoms with Crippen molar-refractivity contribution in [2.45, 2.75) is 18.8 Å². The van der Waals surface area contributed by atoms with E-state index < -0.39 is 17.2 Å². The fourth-order valence-electron chi connectivity index (χ4n) is 1.17. The number of nitrogens with one attached hydrogen (secondary N) is 1. The first-order valence-electron chi connectivity index (χ1n) is 4.64. The molecule has 15 heavy (non-hydrogen) atoms. The number of hydrogen-bond donors (Lipinski definition) is 2. The van der Waals surface area contributed by atoms with Crippen molar-refractivity contribution in [1.82, 2.24) is 0 Å². The van der Waals surface area contributed by atoms with Gasteiger partial charge in [0.15, 0.2) is 0 Å². The van der Waals surface area contributed by atoms with Crippen LogP contribution in [0.25, 0.3) is 0 Å². The van der Waals surface area contributed by atoms with E-state index in [9.17, 15) is 8.76 Å². The van der Waals surface area contributed by atoms with Gasteiger partial charge in [-0.3, -0.25) is 4.21 Å². The number of aliphatic hydroxyl groups is 1. The van der Waals surface area contributed by atoms with Crippen LogP contribution >= 0.6 is 0 Å². The van der Waals surface area contributed by atoms with E-state index in [4.69, 9.17) is 5.11 Å². The highest BCUT2D eigenvalue weighted by Crippen LogP contribution is 2.11. The van der Waals surface area contributed by atoms with Crippen molar-refractivity contribution >= 4 is 16.8 Å². The molecule has 0 heterocycles. The molecule has 0 saturated carbocycles. The summed E-state index contributed by atoms with van der Waals surface area (Å²) in [7, 11) is 0. The summed E-state index contributed by atoms with van der Waals surface area (Å²) in [6, 6.07) is 7.13. The highest BCUT2D eigenvalue weighted by Gasteiger charge is 1.98. The van der Waals surface area contributed by atoms with Crippen molar-refractivity contribution in [2.24, 2.45) is 0 Å². The third kappa shape index (κ3) is 4.92. The number of hydrogen-bond acceptors (Lipinski definition) is 4. The van der Waals surface area contributed by atoms with Crippen molar-refractivity contribution < 1.29 is 13.9 Å². The third-order valence-corrected chi connectivity index (χ3v) is 2.38. The third-order valence-electron chi connectivity index (χ3n) is 1.81. The zero-order valence-corrected chi connectivity index (χ0v) is 9.29. The Bertz CT molecular complexity index is 341. The predicted octanol–water partition coefficient (Wildman–Crippen LogP) is 0.858. The van der Waals surface area contributed by atoms with E-state index in [-0.39, 0.29) is 5.75 Å². The van der Waals surface area contributed by atoms with Crippen LogP contribution in [0.1, 0.15) is 12.5 Å². The summed E-state index contributed by atoms with van der Waals surface area (Å²) in [6.45, 7) is 2.13. The van der Waals surface area contributed by atoms with Gasteiger partial charge in [0.25, 0.3) is 0 Å². The van der Waals surface area contributed by atoms with E-state index in [2.05, 4.69) is 5.32 Å². The molecule has 2 unspecified atom stereocenters. The van der Waals surface area contributed by atoms with Gasteiger partial charge >= 0.3 is 0 Å². The largest absolute Gasteiger partial charge is 0.772 e. The Hall–Kier alpha value is -0.910. The average Bonchev–Trinajstić information content (AvgIpc) is 2.14. The van der Waals surface area contributed by atoms with Crippen molar-refractivity contribution in [3.63, 3.8) is 0 Å². The molecule has 4 nitrogen and oxygen atoms in total. The Morgan fingerprint density at radius 3 is 2.93 bits per heavy atom. The van der Waals surface area contributed by atoms with Crippen molar-refractivity contribution in [3.8, 4) is 0 Å². The minimum atomic E-state index is -2.06. The standard InChI is InChI=1S/C10H15NO3S/c1-8(12)6-11-10-4-2-3-9(5-10)7-15(13)14/h2-5,8,11-12H,6-7H2,1H3,(H,13,14)/p-1. The molecule has 0 bridgehead atoms. The number of anilines is 1. The second-order valence-electron chi connectivity index (χ2n) is 3.38. The molecule has 0 aliphatic heterocycles. The Balaban J connectivity index is 2.61. The lowest BCUT2D eigenvalue weighted by molar-refractivity contribution is 0.208. The van der Waals surface area contributed by atoms with Crippen LogP contribution in [0.15, 0.2) is 24.3 Å². The van der Waals surface area contributed by atoms with Crippen LogP contribution in [0, 0.1) is 0 Å². The maximum atomic E-state index is 10.5. The molecule has 0 amide bonds. The smallest absolute Gasteiger partial charge is 0.0684 e. The van der Waals surface area contributed by atoms with Crippen molar-refractivity contribution in [3.05, 3.63) is 29.8 Å². The summed E-state index contributed by atoms with van der Waals surface area (Å²) in [4.78, 5) is 0. The Morgan fingerprint density at radius 2 is 2.33 bits per heavy atom. The zero-order chi connectivity index (χ0) is 11.3. The molecule has 2 N–H and O–H groups in total. The van der Waals surface area contributed by atoms with Crippen LogP contribution in [0.3, 0.4) is 0 Å². The average molecular weight is 228 g/mol. The lowest BCUT2D eigenvalue weighted by Gasteiger charge is -2.10. The van der Waals surface area contributed by atoms with E-state index >= 15 is 0 Å². The molecule has 0 spiro atoms. The van der Waals surface area contributed by atoms with Gasteiger partial charge in [-0.05, 0) is 24.6 Å². The molecule has 1 aromatic carbocycles. The Kier molecular flexibility index (Phi) is 4.74. The molecule has 1 aromatic rings. The first kappa shape index (κ1) is 12.2. The maximum Gasteiger partial charge on any atom is 0.0684 e. The minimum absolute atomic E-state index is 0.0181. The summed E-state index contributed by atoms with van der Waals surface area (Å²) in [6.07, 6.45) is -0.428. The van der Waals surface area contributed by atoms with Gasteiger partial charge in [0.2, 0.25) is 0 Å². The molecule has 1 rings (SSSR count). The Labute approximate surface area is 91.6 Å². The van der Waals surface area contributed by atoms with Gasteiger partial charge in [0.1, 0.15) is 0 Å². The molecule has 84 valence electrons. The predicted molar refractivity (Wildman–Crippen MR) is 59.2 cm³/mol. The number of aliphatic hydroxyl groups excluding tert-OH is 1. The highest BCUT2D eigenvalue weighted by molar-refractivity contribution is 7.78. The molecule has 0 aromatic heterocycles. The van der Waals surface area contributed by atoms with E-state index in [1.165, 1.54) is 0 Å². The summed E-state index contributed by atoms with van der Waals surface area (Å²) in [5, 5.41) is 12.1. The SMILES string of the molecule is CC(O)CNc1cccc(CS(=O)[O-])c1. The molecule has 0 fully saturated rings. The quantitative estimate of drug-likeness (QED) is 0.733. The molecular formula is C10H14NO3S-. The van der Waals surface area contributed by atoms with E-state index in [0.717, 1.165) is 11.3 Å². The van der Waals surface area contributed by atoms with Crippen LogP contribution in [0.5, 0.6) is 0 Å². The highest BCUT2D eigenvalue weighted by atomic mass is 32.2. The van der Waals surface area contributed by atoms with Crippen LogP contribution in [0.4, 0.5) is 5.69 Å². The van der Waals surface area contributed by atoms with Gasteiger partial charge < -0.3 is 15.0 Å². The second-order valence-corrected chi connectivity index (χ2v) is 4.27. The molecule has 0 saturated heterocycles. The zero-order valence-electron chi connectivity index (χ0n) is 8.47. The summed E-state index contributed by atoms with van der Waals surface area (Å²) in [5.41, 5.74) is 1.55. The van der Waals surface area contributed by atoms with Gasteiger partial charge in [-0.15, -0.1) is 0 Å². The normalized spacial score (nSPS) is 14.6. The molecule has 2 atom stereocenters. The van der Waals surface area contributed by atoms with Crippen molar-refractivity contribution in [1.29, 1.82) is 0 Å². The van der Waals surface area contributed by atoms with E-state index in [1.54, 1.807) is 25.1 Å². The van der Waals surface area contributed by atoms with Gasteiger partial charge in [-0.1, -0.05) is 23.2 Å². The monoisotopic (exact) mass is 228 g/mol. The number of rotatable bonds is 5. The first-order chi connectivity index (χ1) is 7.08. The second kappa shape index (κ2) is 5.85. The molecule has 0 aliphatic carbocycles. The molecule has 0 radical (unpaired) electrons. The summed E-state index contributed by atoms with van der Waals surface area (Å²) >= 11 is -2.06. The van der Waals surface area contributed by atoms with E-state index in [0.29, 0.717) is 6.54 Å². The Morgan fingerprint density at radius 1 is 1.60 bits per heavy atom. The summed E-state index contributed by atoms with van der Waals surface area (Å²) < 4.78 is 21.0. The topological polar surface area (TPSA) is 72.4 Å². The number of benzene rings is 1. The maximum absolute atomic E-state index is 10.5. The fourth-order valence-corrected chi connectivity index (χ4v) is 1.62.